The second kappa shape index (κ2) is 3.39. The summed E-state index contributed by atoms with van der Waals surface area (Å²) in [6, 6.07) is 0. The van der Waals surface area contributed by atoms with Crippen LogP contribution in [0.15, 0.2) is 0 Å². The first kappa shape index (κ1) is 6.47. The second-order valence-electron chi connectivity index (χ2n) is 2.52. The fourth-order valence-corrected chi connectivity index (χ4v) is 2.55. The summed E-state index contributed by atoms with van der Waals surface area (Å²) in [4.78, 5) is 0. The van der Waals surface area contributed by atoms with E-state index in [0.717, 1.165) is 5.92 Å². The van der Waals surface area contributed by atoms with Crippen LogP contribution in [0.1, 0.15) is 26.2 Å². The summed E-state index contributed by atoms with van der Waals surface area (Å²) in [5, 5.41) is 0. The molecule has 0 aliphatic carbocycles. The molecule has 1 heteroatoms. The van der Waals surface area contributed by atoms with E-state index in [4.69, 9.17) is 0 Å². The molecular formula is C7H14S. The smallest absolute Gasteiger partial charge is 0.00388 e. The molecule has 0 aromatic carbocycles. The van der Waals surface area contributed by atoms with Gasteiger partial charge < -0.3 is 0 Å². The maximum atomic E-state index is 2.28. The van der Waals surface area contributed by atoms with Gasteiger partial charge in [0.2, 0.25) is 0 Å². The molecule has 1 heterocycles. The van der Waals surface area contributed by atoms with Crippen molar-refractivity contribution in [2.24, 2.45) is 5.92 Å². The maximum absolute atomic E-state index is 2.28. The Morgan fingerprint density at radius 1 is 1.62 bits per heavy atom. The fraction of sp³-hybridized carbons (Fsp3) is 1.00. The molecule has 0 nitrogen and oxygen atoms in total. The molecule has 0 saturated carbocycles. The maximum Gasteiger partial charge on any atom is -0.00388 e. The normalized spacial score (nSPS) is 28.9. The zero-order valence-corrected chi connectivity index (χ0v) is 6.34. The van der Waals surface area contributed by atoms with E-state index in [-0.39, 0.29) is 0 Å². The van der Waals surface area contributed by atoms with Crippen molar-refractivity contribution in [1.29, 1.82) is 0 Å². The van der Waals surface area contributed by atoms with Crippen LogP contribution in [0, 0.1) is 5.92 Å². The lowest BCUT2D eigenvalue weighted by atomic mass is 10.0. The van der Waals surface area contributed by atoms with Gasteiger partial charge in [-0.05, 0) is 30.3 Å². The molecule has 1 atom stereocenters. The Kier molecular flexibility index (Phi) is 2.74. The van der Waals surface area contributed by atoms with Crippen molar-refractivity contribution in [2.75, 3.05) is 11.5 Å². The van der Waals surface area contributed by atoms with Crippen molar-refractivity contribution < 1.29 is 0 Å². The van der Waals surface area contributed by atoms with Crippen molar-refractivity contribution in [3.05, 3.63) is 0 Å². The van der Waals surface area contributed by atoms with Gasteiger partial charge in [-0.15, -0.1) is 0 Å². The molecule has 1 aliphatic rings. The number of hydrogen-bond acceptors (Lipinski definition) is 1. The highest BCUT2D eigenvalue weighted by Crippen LogP contribution is 2.26. The molecule has 1 aliphatic heterocycles. The first-order valence-electron chi connectivity index (χ1n) is 3.51. The van der Waals surface area contributed by atoms with Crippen molar-refractivity contribution in [3.63, 3.8) is 0 Å². The lowest BCUT2D eigenvalue weighted by molar-refractivity contribution is 0.538. The molecule has 0 bridgehead atoms. The Bertz CT molecular complexity index is 55.4. The fourth-order valence-electron chi connectivity index (χ4n) is 1.22. The molecule has 1 fully saturated rings. The number of rotatable bonds is 2. The van der Waals surface area contributed by atoms with Crippen molar-refractivity contribution in [2.45, 2.75) is 26.2 Å². The Balaban J connectivity index is 2.06. The van der Waals surface area contributed by atoms with E-state index in [1.54, 1.807) is 0 Å². The molecule has 1 rings (SSSR count). The summed E-state index contributed by atoms with van der Waals surface area (Å²) in [6.07, 6.45) is 4.33. The summed E-state index contributed by atoms with van der Waals surface area (Å²) >= 11 is 2.12. The van der Waals surface area contributed by atoms with Crippen LogP contribution in [0.25, 0.3) is 0 Å². The molecule has 0 aromatic rings. The van der Waals surface area contributed by atoms with E-state index in [1.165, 1.54) is 30.8 Å². The highest BCUT2D eigenvalue weighted by atomic mass is 32.2. The summed E-state index contributed by atoms with van der Waals surface area (Å²) in [6.45, 7) is 2.28. The van der Waals surface area contributed by atoms with Gasteiger partial charge in [-0.2, -0.15) is 11.8 Å². The summed E-state index contributed by atoms with van der Waals surface area (Å²) in [5.41, 5.74) is 0. The monoisotopic (exact) mass is 130 g/mol. The molecule has 0 radical (unpaired) electrons. The molecule has 0 unspecified atom stereocenters. The lowest BCUT2D eigenvalue weighted by Gasteiger charge is -2.02. The third-order valence-corrected chi connectivity index (χ3v) is 2.95. The van der Waals surface area contributed by atoms with Crippen LogP contribution >= 0.6 is 11.8 Å². The van der Waals surface area contributed by atoms with Crippen LogP contribution in [0.5, 0.6) is 0 Å². The highest BCUT2D eigenvalue weighted by Gasteiger charge is 2.13. The number of thioether (sulfide) groups is 1. The topological polar surface area (TPSA) is 0 Å². The Morgan fingerprint density at radius 3 is 3.00 bits per heavy atom. The van der Waals surface area contributed by atoms with Gasteiger partial charge in [0.25, 0.3) is 0 Å². The first-order chi connectivity index (χ1) is 3.93. The zero-order valence-electron chi connectivity index (χ0n) is 5.52. The average molecular weight is 130 g/mol. The Morgan fingerprint density at radius 2 is 2.50 bits per heavy atom. The van der Waals surface area contributed by atoms with E-state index in [0.29, 0.717) is 0 Å². The predicted molar refractivity (Wildman–Crippen MR) is 40.3 cm³/mol. The summed E-state index contributed by atoms with van der Waals surface area (Å²) in [7, 11) is 0. The van der Waals surface area contributed by atoms with Crippen LogP contribution in [-0.2, 0) is 0 Å². The van der Waals surface area contributed by atoms with Gasteiger partial charge in [0.1, 0.15) is 0 Å². The van der Waals surface area contributed by atoms with Crippen molar-refractivity contribution in [3.8, 4) is 0 Å². The molecule has 8 heavy (non-hydrogen) atoms. The van der Waals surface area contributed by atoms with Crippen LogP contribution < -0.4 is 0 Å². The second-order valence-corrected chi connectivity index (χ2v) is 3.67. The predicted octanol–water partition coefficient (Wildman–Crippen LogP) is 2.54. The Labute approximate surface area is 56.0 Å². The van der Waals surface area contributed by atoms with Crippen LogP contribution in [0.2, 0.25) is 0 Å². The van der Waals surface area contributed by atoms with E-state index in [9.17, 15) is 0 Å². The SMILES string of the molecule is CCC[C@@H]1CCSC1. The Hall–Kier alpha value is 0.350. The third-order valence-electron chi connectivity index (χ3n) is 1.72. The lowest BCUT2D eigenvalue weighted by Crippen LogP contribution is -1.94. The standard InChI is InChI=1S/C7H14S/c1-2-3-7-4-5-8-6-7/h7H,2-6H2,1H3/t7-/m1/s1. The molecule has 0 spiro atoms. The zero-order chi connectivity index (χ0) is 5.82. The molecule has 0 amide bonds. The minimum absolute atomic E-state index is 1.07. The molecular weight excluding hydrogens is 116 g/mol. The van der Waals surface area contributed by atoms with Gasteiger partial charge in [0.15, 0.2) is 0 Å². The van der Waals surface area contributed by atoms with Gasteiger partial charge in [-0.25, -0.2) is 0 Å². The average Bonchev–Trinajstić information content (AvgIpc) is 2.19. The van der Waals surface area contributed by atoms with E-state index in [1.807, 2.05) is 0 Å². The van der Waals surface area contributed by atoms with E-state index < -0.39 is 0 Å². The van der Waals surface area contributed by atoms with Gasteiger partial charge >= 0.3 is 0 Å². The van der Waals surface area contributed by atoms with Gasteiger partial charge in [-0.3, -0.25) is 0 Å². The minimum Gasteiger partial charge on any atom is -0.162 e. The van der Waals surface area contributed by atoms with Gasteiger partial charge in [0.05, 0.1) is 0 Å². The van der Waals surface area contributed by atoms with E-state index in [2.05, 4.69) is 18.7 Å². The van der Waals surface area contributed by atoms with Crippen molar-refractivity contribution >= 4 is 11.8 Å². The van der Waals surface area contributed by atoms with Crippen molar-refractivity contribution in [1.82, 2.24) is 0 Å². The van der Waals surface area contributed by atoms with Gasteiger partial charge in [0, 0.05) is 0 Å². The molecule has 0 aromatic heterocycles. The van der Waals surface area contributed by atoms with Crippen LogP contribution in [0.3, 0.4) is 0 Å². The van der Waals surface area contributed by atoms with Crippen LogP contribution in [-0.4, -0.2) is 11.5 Å². The quantitative estimate of drug-likeness (QED) is 0.553. The largest absolute Gasteiger partial charge is 0.162 e. The van der Waals surface area contributed by atoms with E-state index >= 15 is 0 Å². The van der Waals surface area contributed by atoms with Gasteiger partial charge in [-0.1, -0.05) is 13.3 Å². The summed E-state index contributed by atoms with van der Waals surface area (Å²) in [5.74, 6) is 3.93. The highest BCUT2D eigenvalue weighted by molar-refractivity contribution is 7.99. The molecule has 0 N–H and O–H groups in total. The van der Waals surface area contributed by atoms with Crippen LogP contribution in [0.4, 0.5) is 0 Å². The number of hydrogen-bond donors (Lipinski definition) is 0. The minimum atomic E-state index is 1.07. The molecule has 48 valence electrons. The molecule has 1 saturated heterocycles. The first-order valence-corrected chi connectivity index (χ1v) is 4.66. The summed E-state index contributed by atoms with van der Waals surface area (Å²) < 4.78 is 0. The third kappa shape index (κ3) is 1.70.